The van der Waals surface area contributed by atoms with E-state index in [0.717, 1.165) is 41.9 Å². The SMILES string of the molecule is CC1(F)CCN(c2ccc(CC3CNCCO3)cc2C2=CC(F)=C(C#N)CC2)CC1. The van der Waals surface area contributed by atoms with Crippen LogP contribution in [0.2, 0.25) is 0 Å². The lowest BCUT2D eigenvalue weighted by Gasteiger charge is -2.37. The van der Waals surface area contributed by atoms with Crippen LogP contribution in [0.1, 0.15) is 43.7 Å². The van der Waals surface area contributed by atoms with Gasteiger partial charge in [-0.1, -0.05) is 6.07 Å². The summed E-state index contributed by atoms with van der Waals surface area (Å²) in [6, 6.07) is 8.29. The molecule has 1 N–H and O–H groups in total. The van der Waals surface area contributed by atoms with Crippen LogP contribution in [0.25, 0.3) is 5.57 Å². The fourth-order valence-electron chi connectivity index (χ4n) is 4.48. The van der Waals surface area contributed by atoms with Crippen molar-refractivity contribution < 1.29 is 13.5 Å². The van der Waals surface area contributed by atoms with Gasteiger partial charge in [0, 0.05) is 37.4 Å². The number of hydrogen-bond acceptors (Lipinski definition) is 4. The predicted molar refractivity (Wildman–Crippen MR) is 115 cm³/mol. The molecule has 3 aliphatic rings. The third kappa shape index (κ3) is 4.74. The van der Waals surface area contributed by atoms with Crippen molar-refractivity contribution in [1.82, 2.24) is 5.32 Å². The summed E-state index contributed by atoms with van der Waals surface area (Å²) in [5, 5.41) is 12.5. The number of alkyl halides is 1. The molecule has 2 fully saturated rings. The summed E-state index contributed by atoms with van der Waals surface area (Å²) in [6.07, 6.45) is 4.44. The number of nitriles is 1. The summed E-state index contributed by atoms with van der Waals surface area (Å²) in [5.41, 5.74) is 3.15. The minimum absolute atomic E-state index is 0.127. The van der Waals surface area contributed by atoms with Crippen LogP contribution in [0.3, 0.4) is 0 Å². The van der Waals surface area contributed by atoms with E-state index in [1.807, 2.05) is 6.07 Å². The molecule has 4 rings (SSSR count). The van der Waals surface area contributed by atoms with E-state index in [0.29, 0.717) is 45.4 Å². The largest absolute Gasteiger partial charge is 0.375 e. The van der Waals surface area contributed by atoms with Crippen LogP contribution in [0, 0.1) is 11.3 Å². The van der Waals surface area contributed by atoms with E-state index in [9.17, 15) is 8.78 Å². The fraction of sp³-hybridized carbons (Fsp3) is 0.542. The van der Waals surface area contributed by atoms with E-state index in [1.165, 1.54) is 6.08 Å². The molecule has 2 aliphatic heterocycles. The Morgan fingerprint density at radius 2 is 2.10 bits per heavy atom. The minimum atomic E-state index is -1.12. The number of rotatable bonds is 4. The number of piperidine rings is 1. The standard InChI is InChI=1S/C24H29F2N3O/c1-24(26)6-9-29(10-7-24)23-5-2-17(12-20-16-28-8-11-30-20)13-21(23)18-3-4-19(15-27)22(25)14-18/h2,5,13-14,20,28H,3-4,6-12,16H2,1H3. The van der Waals surface area contributed by atoms with Gasteiger partial charge in [-0.3, -0.25) is 0 Å². The number of benzene rings is 1. The molecule has 30 heavy (non-hydrogen) atoms. The van der Waals surface area contributed by atoms with Gasteiger partial charge in [0.1, 0.15) is 11.5 Å². The number of halogens is 2. The highest BCUT2D eigenvalue weighted by Crippen LogP contribution is 2.38. The van der Waals surface area contributed by atoms with Gasteiger partial charge >= 0.3 is 0 Å². The number of morpholine rings is 1. The average Bonchev–Trinajstić information content (AvgIpc) is 2.75. The summed E-state index contributed by atoms with van der Waals surface area (Å²) in [6.45, 7) is 5.37. The Hall–Kier alpha value is -2.23. The third-order valence-corrected chi connectivity index (χ3v) is 6.39. The number of ether oxygens (including phenoxy) is 1. The molecule has 2 heterocycles. The van der Waals surface area contributed by atoms with Crippen molar-refractivity contribution in [2.24, 2.45) is 0 Å². The molecule has 0 saturated carbocycles. The van der Waals surface area contributed by atoms with E-state index in [4.69, 9.17) is 10.00 Å². The van der Waals surface area contributed by atoms with Crippen molar-refractivity contribution in [3.63, 3.8) is 0 Å². The van der Waals surface area contributed by atoms with E-state index in [2.05, 4.69) is 28.4 Å². The molecular formula is C24H29F2N3O. The Bertz CT molecular complexity index is 884. The van der Waals surface area contributed by atoms with Gasteiger partial charge in [0.2, 0.25) is 0 Å². The molecule has 0 aromatic heterocycles. The lowest BCUT2D eigenvalue weighted by Crippen LogP contribution is -2.40. The Morgan fingerprint density at radius 3 is 2.77 bits per heavy atom. The zero-order valence-corrected chi connectivity index (χ0v) is 17.5. The first kappa shape index (κ1) is 21.0. The second-order valence-corrected chi connectivity index (χ2v) is 8.76. The van der Waals surface area contributed by atoms with Gasteiger partial charge < -0.3 is 15.0 Å². The molecule has 1 aromatic carbocycles. The number of anilines is 1. The molecule has 0 radical (unpaired) electrons. The first-order valence-corrected chi connectivity index (χ1v) is 10.8. The third-order valence-electron chi connectivity index (χ3n) is 6.39. The Labute approximate surface area is 177 Å². The highest BCUT2D eigenvalue weighted by molar-refractivity contribution is 5.80. The first-order chi connectivity index (χ1) is 14.4. The number of allylic oxidation sites excluding steroid dienone is 4. The van der Waals surface area contributed by atoms with Gasteiger partial charge in [-0.25, -0.2) is 8.78 Å². The Kier molecular flexibility index (Phi) is 6.21. The van der Waals surface area contributed by atoms with Gasteiger partial charge in [0.25, 0.3) is 0 Å². The predicted octanol–water partition coefficient (Wildman–Crippen LogP) is 4.47. The normalized spacial score (nSPS) is 24.4. The molecule has 4 nitrogen and oxygen atoms in total. The van der Waals surface area contributed by atoms with Crippen molar-refractivity contribution >= 4 is 11.3 Å². The van der Waals surface area contributed by atoms with Gasteiger partial charge in [-0.05, 0) is 68.4 Å². The molecule has 6 heteroatoms. The molecule has 2 saturated heterocycles. The van der Waals surface area contributed by atoms with Crippen molar-refractivity contribution in [3.8, 4) is 6.07 Å². The lowest BCUT2D eigenvalue weighted by atomic mass is 9.89. The summed E-state index contributed by atoms with van der Waals surface area (Å²) < 4.78 is 34.6. The topological polar surface area (TPSA) is 48.3 Å². The maximum Gasteiger partial charge on any atom is 0.137 e. The highest BCUT2D eigenvalue weighted by atomic mass is 19.1. The minimum Gasteiger partial charge on any atom is -0.375 e. The Balaban J connectivity index is 1.65. The molecule has 0 spiro atoms. The van der Waals surface area contributed by atoms with Crippen molar-refractivity contribution in [2.75, 3.05) is 37.7 Å². The summed E-state index contributed by atoms with van der Waals surface area (Å²) in [5.74, 6) is -0.440. The zero-order chi connectivity index (χ0) is 21.1. The molecule has 160 valence electrons. The second-order valence-electron chi connectivity index (χ2n) is 8.76. The van der Waals surface area contributed by atoms with Crippen LogP contribution in [-0.4, -0.2) is 44.6 Å². The van der Waals surface area contributed by atoms with Gasteiger partial charge in [-0.2, -0.15) is 5.26 Å². The zero-order valence-electron chi connectivity index (χ0n) is 17.5. The van der Waals surface area contributed by atoms with Crippen LogP contribution in [0.4, 0.5) is 14.5 Å². The summed E-state index contributed by atoms with van der Waals surface area (Å²) >= 11 is 0. The monoisotopic (exact) mass is 413 g/mol. The molecule has 0 bridgehead atoms. The van der Waals surface area contributed by atoms with Gasteiger partial charge in [-0.15, -0.1) is 0 Å². The quantitative estimate of drug-likeness (QED) is 0.791. The van der Waals surface area contributed by atoms with E-state index >= 15 is 0 Å². The van der Waals surface area contributed by atoms with E-state index < -0.39 is 11.5 Å². The lowest BCUT2D eigenvalue weighted by molar-refractivity contribution is 0.0292. The summed E-state index contributed by atoms with van der Waals surface area (Å²) in [4.78, 5) is 2.21. The van der Waals surface area contributed by atoms with Crippen LogP contribution < -0.4 is 10.2 Å². The average molecular weight is 414 g/mol. The molecule has 1 atom stereocenters. The van der Waals surface area contributed by atoms with Crippen molar-refractivity contribution in [2.45, 2.75) is 50.8 Å². The van der Waals surface area contributed by atoms with Crippen molar-refractivity contribution in [1.29, 1.82) is 5.26 Å². The maximum atomic E-state index is 14.4. The highest BCUT2D eigenvalue weighted by Gasteiger charge is 2.31. The summed E-state index contributed by atoms with van der Waals surface area (Å²) in [7, 11) is 0. The molecular weight excluding hydrogens is 384 g/mol. The van der Waals surface area contributed by atoms with Crippen LogP contribution in [-0.2, 0) is 11.2 Å². The fourth-order valence-corrected chi connectivity index (χ4v) is 4.48. The van der Waals surface area contributed by atoms with Crippen molar-refractivity contribution in [3.05, 3.63) is 46.8 Å². The van der Waals surface area contributed by atoms with E-state index in [1.54, 1.807) is 6.92 Å². The van der Waals surface area contributed by atoms with Crippen LogP contribution in [0.5, 0.6) is 0 Å². The second kappa shape index (κ2) is 8.87. The smallest absolute Gasteiger partial charge is 0.137 e. The maximum absolute atomic E-state index is 14.4. The van der Waals surface area contributed by atoms with Gasteiger partial charge in [0.15, 0.2) is 0 Å². The van der Waals surface area contributed by atoms with E-state index in [-0.39, 0.29) is 11.7 Å². The number of nitrogens with zero attached hydrogens (tertiary/aromatic N) is 2. The first-order valence-electron chi connectivity index (χ1n) is 10.8. The molecule has 1 unspecified atom stereocenters. The molecule has 1 aromatic rings. The number of nitrogens with one attached hydrogen (secondary N) is 1. The molecule has 1 aliphatic carbocycles. The Morgan fingerprint density at radius 1 is 1.30 bits per heavy atom. The number of hydrogen-bond donors (Lipinski definition) is 1. The van der Waals surface area contributed by atoms with Crippen LogP contribution in [0.15, 0.2) is 35.7 Å². The van der Waals surface area contributed by atoms with Gasteiger partial charge in [0.05, 0.1) is 24.4 Å². The molecule has 0 amide bonds. The van der Waals surface area contributed by atoms with Crippen LogP contribution >= 0.6 is 0 Å².